The van der Waals surface area contributed by atoms with Crippen molar-refractivity contribution in [2.45, 2.75) is 121 Å². The van der Waals surface area contributed by atoms with E-state index in [9.17, 15) is 14.4 Å². The average Bonchev–Trinajstić information content (AvgIpc) is 2.64. The average molecular weight is 543 g/mol. The largest absolute Gasteiger partial charge is 0.513 e. The van der Waals surface area contributed by atoms with Crippen LogP contribution in [-0.4, -0.2) is 29.7 Å². The van der Waals surface area contributed by atoms with E-state index in [1.54, 1.807) is 0 Å². The zero-order chi connectivity index (χ0) is 30.5. The van der Waals surface area contributed by atoms with Gasteiger partial charge in [-0.15, -0.1) is 9.78 Å². The zero-order valence-corrected chi connectivity index (χ0v) is 26.0. The van der Waals surface area contributed by atoms with Crippen LogP contribution in [0.2, 0.25) is 0 Å². The molecule has 0 radical (unpaired) electrons. The molecule has 0 rings (SSSR count). The van der Waals surface area contributed by atoms with Gasteiger partial charge in [-0.2, -0.15) is 0 Å². The Hall–Kier alpha value is -2.39. The summed E-state index contributed by atoms with van der Waals surface area (Å²) in [4.78, 5) is 57.2. The second-order valence-corrected chi connectivity index (χ2v) is 14.4. The molecule has 0 bridgehead atoms. The first-order valence-electron chi connectivity index (χ1n) is 12.7. The third kappa shape index (κ3) is 13.4. The van der Waals surface area contributed by atoms with E-state index < -0.39 is 40.5 Å². The Morgan fingerprint density at radius 1 is 0.526 bits per heavy atom. The summed E-state index contributed by atoms with van der Waals surface area (Å²) in [6.07, 6.45) is 0.147. The van der Waals surface area contributed by atoms with Gasteiger partial charge in [-0.1, -0.05) is 82.4 Å². The minimum atomic E-state index is -1.71. The third-order valence-corrected chi connectivity index (χ3v) is 5.37. The molecule has 220 valence electrons. The highest BCUT2D eigenvalue weighted by molar-refractivity contribution is 5.89. The fraction of sp³-hybridized carbons (Fsp3) is 0.759. The second kappa shape index (κ2) is 12.2. The normalized spacial score (nSPS) is 13.4. The molecule has 0 N–H and O–H groups in total. The van der Waals surface area contributed by atoms with Crippen molar-refractivity contribution in [2.24, 2.45) is 21.7 Å². The van der Waals surface area contributed by atoms with Crippen LogP contribution in [0.25, 0.3) is 0 Å². The number of carbonyl (C=O) groups is 3. The lowest BCUT2D eigenvalue weighted by molar-refractivity contribution is -0.398. The second-order valence-electron chi connectivity index (χ2n) is 14.4. The van der Waals surface area contributed by atoms with Crippen LogP contribution in [-0.2, 0) is 38.6 Å². The molecule has 38 heavy (non-hydrogen) atoms. The van der Waals surface area contributed by atoms with Crippen molar-refractivity contribution in [1.82, 2.24) is 0 Å². The van der Waals surface area contributed by atoms with Crippen LogP contribution in [0.15, 0.2) is 24.3 Å². The number of carbonyl (C=O) groups excluding carboxylic acids is 3. The van der Waals surface area contributed by atoms with Crippen LogP contribution >= 0.6 is 0 Å². The number of rotatable bonds is 12. The van der Waals surface area contributed by atoms with Gasteiger partial charge in [0.15, 0.2) is 0 Å². The molecule has 0 atom stereocenters. The first-order valence-corrected chi connectivity index (χ1v) is 12.7. The summed E-state index contributed by atoms with van der Waals surface area (Å²) in [6.45, 7) is 33.0. The first-order chi connectivity index (χ1) is 16.6. The first kappa shape index (κ1) is 35.6. The predicted octanol–water partition coefficient (Wildman–Crippen LogP) is 7.60. The summed E-state index contributed by atoms with van der Waals surface area (Å²) in [6, 6.07) is 0. The van der Waals surface area contributed by atoms with Crippen molar-refractivity contribution in [3.05, 3.63) is 24.3 Å². The van der Waals surface area contributed by atoms with Crippen molar-refractivity contribution < 1.29 is 43.4 Å². The maximum atomic E-state index is 12.5. The Morgan fingerprint density at radius 3 is 1.03 bits per heavy atom. The summed E-state index contributed by atoms with van der Waals surface area (Å²) in [7, 11) is 0. The van der Waals surface area contributed by atoms with Crippen molar-refractivity contribution in [1.29, 1.82) is 0 Å². The van der Waals surface area contributed by atoms with E-state index in [1.165, 1.54) is 27.7 Å². The Kier molecular flexibility index (Phi) is 11.4. The summed E-state index contributed by atoms with van der Waals surface area (Å²) < 4.78 is 10.2. The van der Waals surface area contributed by atoms with Crippen molar-refractivity contribution in [2.75, 3.05) is 0 Å². The van der Waals surface area contributed by atoms with E-state index in [0.29, 0.717) is 12.8 Å². The smallest absolute Gasteiger partial charge is 0.398 e. The highest BCUT2D eigenvalue weighted by atomic mass is 17.3. The summed E-state index contributed by atoms with van der Waals surface area (Å²) >= 11 is 0. The van der Waals surface area contributed by atoms with E-state index in [4.69, 9.17) is 29.0 Å². The van der Waals surface area contributed by atoms with Gasteiger partial charge >= 0.3 is 18.1 Å². The summed E-state index contributed by atoms with van der Waals surface area (Å²) in [5.74, 6) is -4.98. The van der Waals surface area contributed by atoms with Gasteiger partial charge in [-0.05, 0) is 34.5 Å². The van der Waals surface area contributed by atoms with E-state index in [1.807, 2.05) is 27.7 Å². The Bertz CT molecular complexity index is 822. The molecular formula is C29H50O9. The van der Waals surface area contributed by atoms with E-state index in [-0.39, 0.29) is 22.0 Å². The van der Waals surface area contributed by atoms with Crippen molar-refractivity contribution >= 4 is 18.1 Å². The quantitative estimate of drug-likeness (QED) is 0.0810. The molecule has 0 aromatic heterocycles. The van der Waals surface area contributed by atoms with Gasteiger partial charge in [-0.3, -0.25) is 9.78 Å². The van der Waals surface area contributed by atoms with Crippen LogP contribution in [0.5, 0.6) is 0 Å². The molecule has 0 aromatic carbocycles. The lowest BCUT2D eigenvalue weighted by atomic mass is 9.72. The molecule has 0 aromatic rings. The summed E-state index contributed by atoms with van der Waals surface area (Å²) in [5.41, 5.74) is -0.746. The molecule has 9 heteroatoms. The van der Waals surface area contributed by atoms with Crippen LogP contribution < -0.4 is 0 Å². The third-order valence-electron chi connectivity index (χ3n) is 5.37. The van der Waals surface area contributed by atoms with Crippen LogP contribution in [0.4, 0.5) is 4.79 Å². The van der Waals surface area contributed by atoms with E-state index >= 15 is 0 Å². The molecule has 0 aliphatic carbocycles. The molecular weight excluding hydrogens is 492 g/mol. The molecule has 9 nitrogen and oxygen atoms in total. The van der Waals surface area contributed by atoms with Crippen LogP contribution in [0.3, 0.4) is 0 Å². The lowest BCUT2D eigenvalue weighted by Gasteiger charge is -2.33. The maximum Gasteiger partial charge on any atom is 0.513 e. The molecule has 0 spiro atoms. The van der Waals surface area contributed by atoms with Crippen molar-refractivity contribution in [3.63, 3.8) is 0 Å². The van der Waals surface area contributed by atoms with Gasteiger partial charge in [0.1, 0.15) is 0 Å². The fourth-order valence-corrected chi connectivity index (χ4v) is 4.25. The summed E-state index contributed by atoms with van der Waals surface area (Å²) in [5, 5.41) is 0. The zero-order valence-electron chi connectivity index (χ0n) is 26.0. The minimum absolute atomic E-state index is 0.0429. The SMILES string of the molecule is C=C(C(=O)OOC(C)(C)OC(=O)OC(C)(C)OOC(=O)C(=C)C(C)(C)CC(C)(C)C)C(C)(C)CC(C)(C)C. The molecule has 0 heterocycles. The van der Waals surface area contributed by atoms with Gasteiger partial charge < -0.3 is 9.47 Å². The van der Waals surface area contributed by atoms with Gasteiger partial charge in [-0.25, -0.2) is 14.4 Å². The highest BCUT2D eigenvalue weighted by Gasteiger charge is 2.38. The molecule has 0 fully saturated rings. The number of ether oxygens (including phenoxy) is 2. The Morgan fingerprint density at radius 2 is 0.789 bits per heavy atom. The minimum Gasteiger partial charge on any atom is -0.398 e. The van der Waals surface area contributed by atoms with Crippen LogP contribution in [0, 0.1) is 21.7 Å². The molecule has 0 unspecified atom stereocenters. The topological polar surface area (TPSA) is 107 Å². The van der Waals surface area contributed by atoms with E-state index in [2.05, 4.69) is 54.7 Å². The molecule has 0 saturated carbocycles. The fourth-order valence-electron chi connectivity index (χ4n) is 4.25. The molecule has 0 aliphatic heterocycles. The molecule has 0 amide bonds. The standard InChI is InChI=1S/C29H50O9/c1-19(26(9,10)17-24(3,4)5)21(30)35-37-28(13,14)33-23(32)34-29(15,16)38-36-22(31)20(2)27(11,12)18-25(6,7)8/h1-2,17-18H2,3-16H3. The number of hydrogen-bond acceptors (Lipinski definition) is 9. The van der Waals surface area contributed by atoms with Gasteiger partial charge in [0.25, 0.3) is 11.6 Å². The van der Waals surface area contributed by atoms with E-state index in [0.717, 1.165) is 0 Å². The Balaban J connectivity index is 4.94. The number of hydrogen-bond donors (Lipinski definition) is 0. The van der Waals surface area contributed by atoms with Crippen LogP contribution in [0.1, 0.15) is 110 Å². The predicted molar refractivity (Wildman–Crippen MR) is 144 cm³/mol. The molecule has 0 saturated heterocycles. The van der Waals surface area contributed by atoms with Crippen molar-refractivity contribution in [3.8, 4) is 0 Å². The highest BCUT2D eigenvalue weighted by Crippen LogP contribution is 2.39. The maximum absolute atomic E-state index is 12.5. The van der Waals surface area contributed by atoms with Gasteiger partial charge in [0.05, 0.1) is 0 Å². The van der Waals surface area contributed by atoms with Gasteiger partial charge in [0.2, 0.25) is 0 Å². The molecule has 0 aliphatic rings. The Labute approximate surface area is 229 Å². The lowest BCUT2D eigenvalue weighted by Crippen LogP contribution is -2.39. The van der Waals surface area contributed by atoms with Gasteiger partial charge in [0, 0.05) is 38.8 Å². The monoisotopic (exact) mass is 542 g/mol.